The lowest BCUT2D eigenvalue weighted by Gasteiger charge is -2.29. The minimum absolute atomic E-state index is 0.0210. The lowest BCUT2D eigenvalue weighted by molar-refractivity contribution is -0.116. The van der Waals surface area contributed by atoms with Crippen molar-refractivity contribution >= 4 is 23.0 Å². The van der Waals surface area contributed by atoms with Gasteiger partial charge in [-0.05, 0) is 30.5 Å². The third-order valence-corrected chi connectivity index (χ3v) is 5.32. The maximum atomic E-state index is 11.8. The second kappa shape index (κ2) is 8.31. The van der Waals surface area contributed by atoms with Crippen molar-refractivity contribution in [2.24, 2.45) is 4.99 Å². The Morgan fingerprint density at radius 1 is 1.03 bits per heavy atom. The Kier molecular flexibility index (Phi) is 5.43. The molecule has 2 heterocycles. The molecule has 146 valence electrons. The van der Waals surface area contributed by atoms with Gasteiger partial charge in [0.05, 0.1) is 11.4 Å². The first-order valence-electron chi connectivity index (χ1n) is 9.95. The second-order valence-corrected chi connectivity index (χ2v) is 7.29. The number of benzene rings is 2. The van der Waals surface area contributed by atoms with Crippen LogP contribution in [0.3, 0.4) is 0 Å². The van der Waals surface area contributed by atoms with E-state index in [0.717, 1.165) is 47.6 Å². The Hall–Kier alpha value is -3.40. The van der Waals surface area contributed by atoms with Gasteiger partial charge in [-0.15, -0.1) is 0 Å². The quantitative estimate of drug-likeness (QED) is 0.731. The molecular formula is C25H25N3O. The summed E-state index contributed by atoms with van der Waals surface area (Å²) in [7, 11) is 1.81. The summed E-state index contributed by atoms with van der Waals surface area (Å²) < 4.78 is 0. The molecule has 0 fully saturated rings. The fourth-order valence-electron chi connectivity index (χ4n) is 3.68. The van der Waals surface area contributed by atoms with Gasteiger partial charge in [-0.25, -0.2) is 0 Å². The number of hydrogen-bond acceptors (Lipinski definition) is 3. The maximum Gasteiger partial charge on any atom is 0.223 e. The molecule has 1 amide bonds. The van der Waals surface area contributed by atoms with Gasteiger partial charge in [0.25, 0.3) is 0 Å². The molecule has 0 saturated carbocycles. The summed E-state index contributed by atoms with van der Waals surface area (Å²) in [6.45, 7) is 1.58. The van der Waals surface area contributed by atoms with Crippen LogP contribution in [0.25, 0.3) is 5.70 Å². The summed E-state index contributed by atoms with van der Waals surface area (Å²) in [6.07, 6.45) is 11.2. The molecule has 4 rings (SSSR count). The van der Waals surface area contributed by atoms with E-state index in [1.54, 1.807) is 18.9 Å². The van der Waals surface area contributed by atoms with Crippen molar-refractivity contribution < 1.29 is 4.79 Å². The van der Waals surface area contributed by atoms with Gasteiger partial charge in [0.15, 0.2) is 0 Å². The number of allylic oxidation sites excluding steroid dienone is 3. The van der Waals surface area contributed by atoms with Crippen molar-refractivity contribution in [3.05, 3.63) is 96.0 Å². The molecule has 4 heteroatoms. The highest BCUT2D eigenvalue weighted by atomic mass is 16.2. The molecule has 29 heavy (non-hydrogen) atoms. The van der Waals surface area contributed by atoms with Gasteiger partial charge in [0.1, 0.15) is 0 Å². The molecule has 0 N–H and O–H groups in total. The van der Waals surface area contributed by atoms with E-state index in [2.05, 4.69) is 53.5 Å². The van der Waals surface area contributed by atoms with Gasteiger partial charge >= 0.3 is 0 Å². The highest BCUT2D eigenvalue weighted by Crippen LogP contribution is 2.32. The van der Waals surface area contributed by atoms with E-state index < -0.39 is 0 Å². The zero-order chi connectivity index (χ0) is 20.2. The highest BCUT2D eigenvalue weighted by Gasteiger charge is 2.23. The molecule has 0 spiro atoms. The molecule has 0 radical (unpaired) electrons. The third-order valence-electron chi connectivity index (χ3n) is 5.32. The average Bonchev–Trinajstić information content (AvgIpc) is 2.97. The number of carbonyl (C=O) groups is 1. The number of fused-ring (bicyclic) bond motifs is 1. The number of anilines is 1. The average molecular weight is 383 g/mol. The molecule has 0 bridgehead atoms. The Morgan fingerprint density at radius 2 is 1.79 bits per heavy atom. The first kappa shape index (κ1) is 18.9. The molecule has 0 aromatic heterocycles. The summed E-state index contributed by atoms with van der Waals surface area (Å²) in [5.41, 5.74) is 6.58. The molecule has 2 aromatic rings. The lowest BCUT2D eigenvalue weighted by atomic mass is 10.0. The van der Waals surface area contributed by atoms with Crippen molar-refractivity contribution in [3.63, 3.8) is 0 Å². The number of nitrogens with zero attached hydrogens (tertiary/aromatic N) is 3. The zero-order valence-electron chi connectivity index (χ0n) is 16.9. The minimum Gasteiger partial charge on any atom is -0.316 e. The van der Waals surface area contributed by atoms with E-state index in [0.29, 0.717) is 0 Å². The number of rotatable bonds is 4. The molecule has 0 unspecified atom stereocenters. The zero-order valence-corrected chi connectivity index (χ0v) is 16.9. The van der Waals surface area contributed by atoms with Crippen LogP contribution >= 0.6 is 0 Å². The van der Waals surface area contributed by atoms with E-state index in [1.807, 2.05) is 30.6 Å². The predicted molar refractivity (Wildman–Crippen MR) is 119 cm³/mol. The first-order chi connectivity index (χ1) is 14.1. The molecule has 4 nitrogen and oxygen atoms in total. The largest absolute Gasteiger partial charge is 0.316 e. The predicted octanol–water partition coefficient (Wildman–Crippen LogP) is 5.16. The van der Waals surface area contributed by atoms with Crippen molar-refractivity contribution in [1.29, 1.82) is 0 Å². The van der Waals surface area contributed by atoms with Crippen LogP contribution in [-0.4, -0.2) is 23.6 Å². The summed E-state index contributed by atoms with van der Waals surface area (Å²) >= 11 is 0. The number of carbonyl (C=O) groups excluding carboxylic acids is 1. The summed E-state index contributed by atoms with van der Waals surface area (Å²) in [6, 6.07) is 18.6. The van der Waals surface area contributed by atoms with Crippen LogP contribution in [0.1, 0.15) is 30.9 Å². The van der Waals surface area contributed by atoms with E-state index in [9.17, 15) is 4.79 Å². The minimum atomic E-state index is 0.0210. The van der Waals surface area contributed by atoms with Gasteiger partial charge in [-0.1, -0.05) is 54.6 Å². The Labute approximate surface area is 172 Å². The molecule has 0 aliphatic carbocycles. The van der Waals surface area contributed by atoms with Gasteiger partial charge in [-0.3, -0.25) is 9.79 Å². The monoisotopic (exact) mass is 383 g/mol. The Morgan fingerprint density at radius 3 is 2.55 bits per heavy atom. The maximum absolute atomic E-state index is 11.8. The van der Waals surface area contributed by atoms with E-state index in [4.69, 9.17) is 4.99 Å². The summed E-state index contributed by atoms with van der Waals surface area (Å²) in [5.74, 6) is 0.0210. The highest BCUT2D eigenvalue weighted by molar-refractivity contribution is 6.03. The van der Waals surface area contributed by atoms with Crippen LogP contribution in [0.4, 0.5) is 5.69 Å². The molecule has 2 aliphatic heterocycles. The van der Waals surface area contributed by atoms with E-state index in [-0.39, 0.29) is 5.91 Å². The van der Waals surface area contributed by atoms with Crippen molar-refractivity contribution in [3.8, 4) is 0 Å². The topological polar surface area (TPSA) is 35.9 Å². The van der Waals surface area contributed by atoms with Gasteiger partial charge in [0.2, 0.25) is 5.91 Å². The summed E-state index contributed by atoms with van der Waals surface area (Å²) in [5, 5.41) is 0. The third kappa shape index (κ3) is 4.06. The van der Waals surface area contributed by atoms with Crippen molar-refractivity contribution in [2.75, 3.05) is 11.9 Å². The standard InChI is InChI=1S/C25H25N3O/c1-19(29)27(2)22-12-8-11-21(18-22)24-13-6-7-14-25-23(26-15-16-28(24)25)17-20-9-4-3-5-10-20/h3-5,8-16,18H,6-7,17H2,1-2H3. The SMILES string of the molecule is CC(=O)N(C)c1cccc(C2=CCCC=C3C(Cc4ccccc4)=NC=CN32)c1. The molecule has 2 aliphatic rings. The smallest absolute Gasteiger partial charge is 0.223 e. The fraction of sp³-hybridized carbons (Fsp3) is 0.200. The van der Waals surface area contributed by atoms with Crippen LogP contribution in [0.15, 0.2) is 89.8 Å². The number of amides is 1. The van der Waals surface area contributed by atoms with Gasteiger partial charge in [0, 0.05) is 49.7 Å². The normalized spacial score (nSPS) is 15.7. The molecule has 2 aromatic carbocycles. The molecule has 0 saturated heterocycles. The Balaban J connectivity index is 1.66. The number of hydrogen-bond donors (Lipinski definition) is 0. The van der Waals surface area contributed by atoms with Gasteiger partial charge in [-0.2, -0.15) is 0 Å². The van der Waals surface area contributed by atoms with E-state index in [1.165, 1.54) is 5.56 Å². The van der Waals surface area contributed by atoms with Crippen molar-refractivity contribution in [1.82, 2.24) is 4.90 Å². The summed E-state index contributed by atoms with van der Waals surface area (Å²) in [4.78, 5) is 20.4. The molecular weight excluding hydrogens is 358 g/mol. The van der Waals surface area contributed by atoms with Crippen LogP contribution < -0.4 is 4.90 Å². The fourth-order valence-corrected chi connectivity index (χ4v) is 3.68. The van der Waals surface area contributed by atoms with Crippen LogP contribution in [0.2, 0.25) is 0 Å². The number of aliphatic imine (C=N–C) groups is 1. The van der Waals surface area contributed by atoms with Crippen LogP contribution in [0, 0.1) is 0 Å². The van der Waals surface area contributed by atoms with E-state index >= 15 is 0 Å². The molecule has 0 atom stereocenters. The lowest BCUT2D eigenvalue weighted by Crippen LogP contribution is -2.25. The van der Waals surface area contributed by atoms with Crippen LogP contribution in [0.5, 0.6) is 0 Å². The van der Waals surface area contributed by atoms with Crippen molar-refractivity contribution in [2.45, 2.75) is 26.2 Å². The first-order valence-corrected chi connectivity index (χ1v) is 9.95. The second-order valence-electron chi connectivity index (χ2n) is 7.29. The van der Waals surface area contributed by atoms with Gasteiger partial charge < -0.3 is 9.80 Å². The Bertz CT molecular complexity index is 1030. The van der Waals surface area contributed by atoms with Crippen LogP contribution in [-0.2, 0) is 11.2 Å².